The van der Waals surface area contributed by atoms with Crippen LogP contribution in [-0.2, 0) is 0 Å². The zero-order valence-corrected chi connectivity index (χ0v) is 17.2. The van der Waals surface area contributed by atoms with Crippen LogP contribution in [0.2, 0.25) is 0 Å². The van der Waals surface area contributed by atoms with Gasteiger partial charge in [-0.2, -0.15) is 0 Å². The fraction of sp³-hybridized carbons (Fsp3) is 0.895. The molecule has 10 nitrogen and oxygen atoms in total. The van der Waals surface area contributed by atoms with Crippen LogP contribution in [-0.4, -0.2) is 60.7 Å². The average molecular weight is 415 g/mol. The second-order valence-electron chi connectivity index (χ2n) is 8.17. The van der Waals surface area contributed by atoms with E-state index in [0.717, 1.165) is 63.2 Å². The van der Waals surface area contributed by atoms with Crippen molar-refractivity contribution in [2.75, 3.05) is 26.3 Å². The predicted octanol–water partition coefficient (Wildman–Crippen LogP) is 0.0863. The summed E-state index contributed by atoms with van der Waals surface area (Å²) in [5.41, 5.74) is 10.4. The van der Waals surface area contributed by atoms with Crippen molar-refractivity contribution in [2.45, 2.75) is 69.9 Å². The van der Waals surface area contributed by atoms with Crippen LogP contribution in [0.15, 0.2) is 0 Å². The Morgan fingerprint density at radius 2 is 1.03 bits per heavy atom. The predicted molar refractivity (Wildman–Crippen MR) is 110 cm³/mol. The molecule has 2 fully saturated rings. The third-order valence-electron chi connectivity index (χ3n) is 5.91. The number of carbonyl (C=O) groups is 2. The number of aliphatic hydroxyl groups excluding tert-OH is 2. The van der Waals surface area contributed by atoms with Crippen LogP contribution in [0.5, 0.6) is 0 Å². The van der Waals surface area contributed by atoms with Crippen LogP contribution in [0.3, 0.4) is 0 Å². The summed E-state index contributed by atoms with van der Waals surface area (Å²) in [5, 5.41) is 23.4. The van der Waals surface area contributed by atoms with Gasteiger partial charge in [0.2, 0.25) is 0 Å². The number of aliphatic hydroxyl groups is 2. The molecule has 0 aromatic carbocycles. The molecule has 0 aromatic heterocycles. The first kappa shape index (κ1) is 23.7. The molecule has 2 aliphatic rings. The quantitative estimate of drug-likeness (QED) is 0.188. The van der Waals surface area contributed by atoms with Crippen molar-refractivity contribution in [3.05, 3.63) is 0 Å². The van der Waals surface area contributed by atoms with E-state index in [4.69, 9.17) is 10.2 Å². The minimum absolute atomic E-state index is 0.0155. The molecule has 2 saturated carbocycles. The summed E-state index contributed by atoms with van der Waals surface area (Å²) >= 11 is 0. The van der Waals surface area contributed by atoms with E-state index in [1.807, 2.05) is 0 Å². The smallest absolute Gasteiger partial charge is 0.329 e. The summed E-state index contributed by atoms with van der Waals surface area (Å²) in [4.78, 5) is 23.5. The van der Waals surface area contributed by atoms with Gasteiger partial charge >= 0.3 is 12.1 Å². The van der Waals surface area contributed by atoms with Crippen molar-refractivity contribution in [2.24, 2.45) is 11.8 Å². The molecule has 0 radical (unpaired) electrons. The van der Waals surface area contributed by atoms with Gasteiger partial charge in [0, 0.05) is 25.2 Å². The van der Waals surface area contributed by atoms with Crippen molar-refractivity contribution in [3.63, 3.8) is 0 Å². The molecule has 0 saturated heterocycles. The van der Waals surface area contributed by atoms with E-state index >= 15 is 0 Å². The van der Waals surface area contributed by atoms with Gasteiger partial charge in [-0.15, -0.1) is 0 Å². The Hall–Kier alpha value is -1.62. The molecule has 2 aliphatic carbocycles. The van der Waals surface area contributed by atoms with Crippen molar-refractivity contribution in [3.8, 4) is 0 Å². The van der Waals surface area contributed by atoms with E-state index in [-0.39, 0.29) is 37.4 Å². The Labute approximate surface area is 172 Å². The SMILES string of the molecule is O=C(NNCCO)NC1CCC(CC2CCC(NC(=O)NNCCO)CC2)CC1. The third kappa shape index (κ3) is 9.62. The monoisotopic (exact) mass is 414 g/mol. The van der Waals surface area contributed by atoms with Crippen LogP contribution in [0.4, 0.5) is 9.59 Å². The second-order valence-corrected chi connectivity index (χ2v) is 8.17. The zero-order chi connectivity index (χ0) is 20.9. The molecule has 0 aromatic rings. The van der Waals surface area contributed by atoms with Crippen molar-refractivity contribution < 1.29 is 19.8 Å². The van der Waals surface area contributed by atoms with Gasteiger partial charge in [-0.25, -0.2) is 20.4 Å². The highest BCUT2D eigenvalue weighted by Crippen LogP contribution is 2.35. The first-order valence-electron chi connectivity index (χ1n) is 10.9. The Morgan fingerprint density at radius 3 is 1.38 bits per heavy atom. The van der Waals surface area contributed by atoms with Gasteiger partial charge in [-0.05, 0) is 69.6 Å². The molecule has 10 heteroatoms. The Bertz CT molecular complexity index is 437. The molecule has 0 bridgehead atoms. The highest BCUT2D eigenvalue weighted by molar-refractivity contribution is 5.74. The van der Waals surface area contributed by atoms with Gasteiger partial charge in [0.1, 0.15) is 0 Å². The summed E-state index contributed by atoms with van der Waals surface area (Å²) < 4.78 is 0. The molecule has 0 aliphatic heterocycles. The minimum atomic E-state index is -0.233. The van der Waals surface area contributed by atoms with E-state index in [9.17, 15) is 9.59 Å². The lowest BCUT2D eigenvalue weighted by molar-refractivity contribution is 0.195. The minimum Gasteiger partial charge on any atom is -0.395 e. The van der Waals surface area contributed by atoms with Crippen LogP contribution in [0, 0.1) is 11.8 Å². The number of hydrazine groups is 2. The molecule has 168 valence electrons. The normalized spacial score (nSPS) is 27.1. The molecular weight excluding hydrogens is 376 g/mol. The van der Waals surface area contributed by atoms with E-state index in [2.05, 4.69) is 32.3 Å². The fourth-order valence-corrected chi connectivity index (χ4v) is 4.40. The average Bonchev–Trinajstić information content (AvgIpc) is 2.71. The van der Waals surface area contributed by atoms with E-state index in [0.29, 0.717) is 13.1 Å². The Kier molecular flexibility index (Phi) is 11.1. The standard InChI is InChI=1S/C19H38N6O4/c26-11-9-20-24-18(28)22-16-5-1-14(2-6-16)13-15-3-7-17(8-4-15)23-19(29)25-21-10-12-27/h14-17,20-21,26-27H,1-13H2,(H2,22,24,28)(H2,23,25,29). The van der Waals surface area contributed by atoms with Gasteiger partial charge in [-0.3, -0.25) is 10.9 Å². The Morgan fingerprint density at radius 1 is 0.655 bits per heavy atom. The van der Waals surface area contributed by atoms with Crippen LogP contribution >= 0.6 is 0 Å². The van der Waals surface area contributed by atoms with Gasteiger partial charge < -0.3 is 20.8 Å². The van der Waals surface area contributed by atoms with Crippen molar-refractivity contribution in [1.82, 2.24) is 32.3 Å². The summed E-state index contributed by atoms with van der Waals surface area (Å²) in [6.45, 7) is 0.642. The molecule has 0 heterocycles. The lowest BCUT2D eigenvalue weighted by Gasteiger charge is -2.34. The third-order valence-corrected chi connectivity index (χ3v) is 5.91. The maximum Gasteiger partial charge on any atom is 0.329 e. The zero-order valence-electron chi connectivity index (χ0n) is 17.2. The highest BCUT2D eigenvalue weighted by atomic mass is 16.3. The van der Waals surface area contributed by atoms with Gasteiger partial charge in [0.05, 0.1) is 13.2 Å². The molecule has 0 unspecified atom stereocenters. The van der Waals surface area contributed by atoms with E-state index in [1.165, 1.54) is 6.42 Å². The lowest BCUT2D eigenvalue weighted by atomic mass is 9.76. The molecule has 0 atom stereocenters. The van der Waals surface area contributed by atoms with Crippen molar-refractivity contribution >= 4 is 12.1 Å². The number of nitrogens with one attached hydrogen (secondary N) is 6. The number of hydrogen-bond donors (Lipinski definition) is 8. The molecule has 2 rings (SSSR count). The topological polar surface area (TPSA) is 147 Å². The fourth-order valence-electron chi connectivity index (χ4n) is 4.40. The summed E-state index contributed by atoms with van der Waals surface area (Å²) in [6.07, 6.45) is 9.86. The van der Waals surface area contributed by atoms with Crippen LogP contribution in [0.25, 0.3) is 0 Å². The van der Waals surface area contributed by atoms with Gasteiger partial charge in [-0.1, -0.05) is 0 Å². The van der Waals surface area contributed by atoms with Crippen LogP contribution < -0.4 is 32.3 Å². The first-order chi connectivity index (χ1) is 14.1. The summed E-state index contributed by atoms with van der Waals surface area (Å²) in [6, 6.07) is -0.0215. The maximum atomic E-state index is 11.7. The van der Waals surface area contributed by atoms with E-state index < -0.39 is 0 Å². The molecule has 29 heavy (non-hydrogen) atoms. The molecule has 4 amide bonds. The van der Waals surface area contributed by atoms with Gasteiger partial charge in [0.25, 0.3) is 0 Å². The number of rotatable bonds is 10. The second kappa shape index (κ2) is 13.6. The van der Waals surface area contributed by atoms with Crippen molar-refractivity contribution in [1.29, 1.82) is 0 Å². The summed E-state index contributed by atoms with van der Waals surface area (Å²) in [5.74, 6) is 1.45. The van der Waals surface area contributed by atoms with Gasteiger partial charge in [0.15, 0.2) is 0 Å². The Balaban J connectivity index is 1.55. The molecule has 8 N–H and O–H groups in total. The number of urea groups is 2. The highest BCUT2D eigenvalue weighted by Gasteiger charge is 2.28. The number of amides is 4. The maximum absolute atomic E-state index is 11.7. The first-order valence-corrected chi connectivity index (χ1v) is 10.9. The van der Waals surface area contributed by atoms with E-state index in [1.54, 1.807) is 0 Å². The molecule has 0 spiro atoms. The van der Waals surface area contributed by atoms with Crippen LogP contribution in [0.1, 0.15) is 57.8 Å². The number of hydrogen-bond acceptors (Lipinski definition) is 6. The largest absolute Gasteiger partial charge is 0.395 e. The lowest BCUT2D eigenvalue weighted by Crippen LogP contribution is -2.49. The molecular formula is C19H38N6O4. The number of carbonyl (C=O) groups excluding carboxylic acids is 2. The summed E-state index contributed by atoms with van der Waals surface area (Å²) in [7, 11) is 0.